The molecule has 58 heavy (non-hydrogen) atoms. The second-order valence-electron chi connectivity index (χ2n) is 14.1. The van der Waals surface area contributed by atoms with Crippen LogP contribution < -0.4 is 5.32 Å². The van der Waals surface area contributed by atoms with Crippen molar-refractivity contribution < 1.29 is 0 Å². The third-order valence-corrected chi connectivity index (χ3v) is 10.4. The van der Waals surface area contributed by atoms with Gasteiger partial charge in [0.05, 0.1) is 0 Å². The lowest BCUT2D eigenvalue weighted by molar-refractivity contribution is 0.674. The van der Waals surface area contributed by atoms with Crippen molar-refractivity contribution in [2.24, 2.45) is 9.98 Å². The van der Waals surface area contributed by atoms with Crippen molar-refractivity contribution >= 4 is 22.4 Å². The summed E-state index contributed by atoms with van der Waals surface area (Å²) in [7, 11) is 0. The molecular weight excluding hydrogens is 709 g/mol. The second-order valence-corrected chi connectivity index (χ2v) is 14.1. The van der Waals surface area contributed by atoms with Gasteiger partial charge in [0.1, 0.15) is 12.0 Å². The predicted molar refractivity (Wildman–Crippen MR) is 236 cm³/mol. The first-order valence-electron chi connectivity index (χ1n) is 19.4. The third-order valence-electron chi connectivity index (χ3n) is 10.4. The van der Waals surface area contributed by atoms with E-state index in [1.807, 2.05) is 97.1 Å². The summed E-state index contributed by atoms with van der Waals surface area (Å²) in [5.41, 5.74) is 10.4. The zero-order valence-electron chi connectivity index (χ0n) is 31.4. The molecule has 0 spiro atoms. The lowest BCUT2D eigenvalue weighted by Crippen LogP contribution is -2.33. The number of amidine groups is 2. The Morgan fingerprint density at radius 1 is 0.362 bits per heavy atom. The van der Waals surface area contributed by atoms with E-state index in [2.05, 4.69) is 115 Å². The number of aliphatic imine (C=N–C) groups is 2. The predicted octanol–water partition coefficient (Wildman–Crippen LogP) is 11.9. The SMILES string of the molecule is c1ccc(C2=NC(c3ccc(-c4c(-c5ccc(-c6nc(-c7ccccc7)nc(-c7ccccc7)n6)cc5)ccc5ccccc45)cc3)NC(c3ccccc3)=N2)cc1. The lowest BCUT2D eigenvalue weighted by atomic mass is 9.89. The Bertz CT molecular complexity index is 2870. The maximum atomic E-state index is 5.10. The summed E-state index contributed by atoms with van der Waals surface area (Å²) in [6.45, 7) is 0. The van der Waals surface area contributed by atoms with Crippen molar-refractivity contribution in [1.29, 1.82) is 0 Å². The summed E-state index contributed by atoms with van der Waals surface area (Å²) >= 11 is 0. The number of benzene rings is 8. The van der Waals surface area contributed by atoms with Gasteiger partial charge in [-0.15, -0.1) is 0 Å². The van der Waals surface area contributed by atoms with Crippen molar-refractivity contribution in [3.63, 3.8) is 0 Å². The highest BCUT2D eigenvalue weighted by Gasteiger charge is 2.22. The molecule has 0 bridgehead atoms. The van der Waals surface area contributed by atoms with E-state index in [4.69, 9.17) is 24.9 Å². The fourth-order valence-corrected chi connectivity index (χ4v) is 7.47. The Kier molecular flexibility index (Phi) is 9.18. The van der Waals surface area contributed by atoms with Gasteiger partial charge in [0, 0.05) is 27.8 Å². The monoisotopic (exact) mass is 744 g/mol. The average molecular weight is 745 g/mol. The molecule has 0 saturated heterocycles. The zero-order chi connectivity index (χ0) is 38.7. The van der Waals surface area contributed by atoms with Crippen LogP contribution in [0.2, 0.25) is 0 Å². The fourth-order valence-electron chi connectivity index (χ4n) is 7.47. The molecule has 1 atom stereocenters. The van der Waals surface area contributed by atoms with Gasteiger partial charge in [-0.25, -0.2) is 24.9 Å². The van der Waals surface area contributed by atoms with Crippen LogP contribution in [0.5, 0.6) is 0 Å². The highest BCUT2D eigenvalue weighted by molar-refractivity contribution is 6.13. The van der Waals surface area contributed by atoms with Gasteiger partial charge in [-0.05, 0) is 38.6 Å². The Balaban J connectivity index is 1.02. The maximum absolute atomic E-state index is 5.10. The molecule has 1 unspecified atom stereocenters. The van der Waals surface area contributed by atoms with Crippen molar-refractivity contribution in [1.82, 2.24) is 20.3 Å². The molecule has 274 valence electrons. The van der Waals surface area contributed by atoms with Crippen molar-refractivity contribution in [3.05, 3.63) is 223 Å². The molecule has 6 heteroatoms. The first-order valence-corrected chi connectivity index (χ1v) is 19.4. The molecule has 1 N–H and O–H groups in total. The van der Waals surface area contributed by atoms with Gasteiger partial charge in [0.15, 0.2) is 23.3 Å². The van der Waals surface area contributed by atoms with Gasteiger partial charge in [0.25, 0.3) is 0 Å². The van der Waals surface area contributed by atoms with Gasteiger partial charge in [-0.1, -0.05) is 206 Å². The molecule has 0 amide bonds. The number of nitrogens with zero attached hydrogens (tertiary/aromatic N) is 5. The Labute approximate surface area is 337 Å². The Morgan fingerprint density at radius 2 is 0.828 bits per heavy atom. The first kappa shape index (κ1) is 34.6. The molecule has 0 saturated carbocycles. The fraction of sp³-hybridized carbons (Fsp3) is 0.0192. The lowest BCUT2D eigenvalue weighted by Gasteiger charge is -2.24. The molecule has 0 aliphatic carbocycles. The van der Waals surface area contributed by atoms with E-state index in [0.717, 1.165) is 55.9 Å². The van der Waals surface area contributed by atoms with Crippen LogP contribution in [0.4, 0.5) is 0 Å². The summed E-state index contributed by atoms with van der Waals surface area (Å²) in [5.74, 6) is 3.42. The van der Waals surface area contributed by atoms with Crippen molar-refractivity contribution in [2.75, 3.05) is 0 Å². The summed E-state index contributed by atoms with van der Waals surface area (Å²) in [5, 5.41) is 5.98. The van der Waals surface area contributed by atoms with Crippen LogP contribution in [0.25, 0.3) is 67.2 Å². The molecule has 1 aromatic heterocycles. The highest BCUT2D eigenvalue weighted by atomic mass is 15.2. The normalized spacial score (nSPS) is 13.7. The number of hydrogen-bond acceptors (Lipinski definition) is 6. The molecule has 1 aliphatic rings. The van der Waals surface area contributed by atoms with E-state index in [0.29, 0.717) is 23.3 Å². The number of nitrogens with one attached hydrogen (secondary N) is 1. The highest BCUT2D eigenvalue weighted by Crippen LogP contribution is 2.39. The van der Waals surface area contributed by atoms with E-state index in [1.165, 1.54) is 16.3 Å². The van der Waals surface area contributed by atoms with Gasteiger partial charge in [0.2, 0.25) is 0 Å². The molecule has 8 aromatic carbocycles. The third kappa shape index (κ3) is 6.95. The largest absolute Gasteiger partial charge is 0.344 e. The summed E-state index contributed by atoms with van der Waals surface area (Å²) in [4.78, 5) is 24.8. The van der Waals surface area contributed by atoms with Crippen molar-refractivity contribution in [3.8, 4) is 56.4 Å². The molecule has 2 heterocycles. The second kappa shape index (κ2) is 15.4. The summed E-state index contributed by atoms with van der Waals surface area (Å²) < 4.78 is 0. The van der Waals surface area contributed by atoms with Crippen LogP contribution >= 0.6 is 0 Å². The molecule has 6 nitrogen and oxygen atoms in total. The maximum Gasteiger partial charge on any atom is 0.164 e. The van der Waals surface area contributed by atoms with Crippen LogP contribution in [0.15, 0.2) is 216 Å². The molecule has 1 aliphatic heterocycles. The summed E-state index contributed by atoms with van der Waals surface area (Å²) in [6.07, 6.45) is -0.309. The van der Waals surface area contributed by atoms with Gasteiger partial charge in [-0.3, -0.25) is 0 Å². The molecule has 0 radical (unpaired) electrons. The van der Waals surface area contributed by atoms with Crippen molar-refractivity contribution in [2.45, 2.75) is 6.17 Å². The van der Waals surface area contributed by atoms with E-state index < -0.39 is 0 Å². The standard InChI is InChI=1S/C52H36N6/c1-5-16-38(17-6-1)47-53-48(39-18-7-2-8-19-39)56-51(55-47)42-29-25-36(26-30-42)45-34-33-35-15-13-14-24-44(35)46(45)37-27-31-43(32-28-37)52-57-49(40-20-9-3-10-21-40)54-50(58-52)41-22-11-4-12-23-41/h1-34,52H,(H,54,57,58). The van der Waals surface area contributed by atoms with E-state index >= 15 is 0 Å². The molecule has 10 rings (SSSR count). The van der Waals surface area contributed by atoms with E-state index in [1.54, 1.807) is 0 Å². The Morgan fingerprint density at radius 3 is 1.41 bits per heavy atom. The smallest absolute Gasteiger partial charge is 0.164 e. The minimum atomic E-state index is -0.309. The van der Waals surface area contributed by atoms with Gasteiger partial charge in [-0.2, -0.15) is 0 Å². The van der Waals surface area contributed by atoms with Gasteiger partial charge < -0.3 is 5.32 Å². The number of fused-ring (bicyclic) bond motifs is 1. The van der Waals surface area contributed by atoms with Crippen LogP contribution in [0, 0.1) is 0 Å². The number of aromatic nitrogens is 3. The van der Waals surface area contributed by atoms with Crippen LogP contribution in [0.3, 0.4) is 0 Å². The van der Waals surface area contributed by atoms with Crippen LogP contribution in [-0.2, 0) is 0 Å². The summed E-state index contributed by atoms with van der Waals surface area (Å²) in [6, 6.07) is 70.9. The number of rotatable bonds is 8. The zero-order valence-corrected chi connectivity index (χ0v) is 31.4. The van der Waals surface area contributed by atoms with E-state index in [9.17, 15) is 0 Å². The molecule has 0 fully saturated rings. The van der Waals surface area contributed by atoms with E-state index in [-0.39, 0.29) is 6.17 Å². The van der Waals surface area contributed by atoms with Crippen LogP contribution in [-0.4, -0.2) is 26.6 Å². The average Bonchev–Trinajstić information content (AvgIpc) is 3.32. The van der Waals surface area contributed by atoms with Crippen LogP contribution in [0.1, 0.15) is 22.9 Å². The minimum absolute atomic E-state index is 0.309. The minimum Gasteiger partial charge on any atom is -0.344 e. The number of hydrogen-bond donors (Lipinski definition) is 1. The molecular formula is C52H36N6. The molecule has 9 aromatic rings. The quantitative estimate of drug-likeness (QED) is 0.168. The Hall–Kier alpha value is -7.83. The topological polar surface area (TPSA) is 75.4 Å². The first-order chi connectivity index (χ1) is 28.7. The van der Waals surface area contributed by atoms with Gasteiger partial charge >= 0.3 is 0 Å².